The molecule has 1 heterocycles. The minimum Gasteiger partial charge on any atom is -0.438 e. The quantitative estimate of drug-likeness (QED) is 0.527. The van der Waals surface area contributed by atoms with E-state index >= 15 is 0 Å². The Morgan fingerprint density at radius 2 is 1.85 bits per heavy atom. The molecule has 1 rings (SSSR count). The molecule has 12 heteroatoms. The van der Waals surface area contributed by atoms with Crippen LogP contribution in [-0.4, -0.2) is 68.8 Å². The minimum atomic E-state index is -0.729. The third-order valence-corrected chi connectivity index (χ3v) is 1.96. The number of hydrogen-bond acceptors (Lipinski definition) is 11. The van der Waals surface area contributed by atoms with Crippen molar-refractivity contribution in [1.82, 2.24) is 0 Å². The average Bonchev–Trinajstić information content (AvgIpc) is 2.96. The first-order valence-electron chi connectivity index (χ1n) is 6.80. The number of methoxy groups -OCH3 is 1. The van der Waals surface area contributed by atoms with Crippen LogP contribution < -0.4 is 0 Å². The standard InChI is InChI=1S/C8H16O5.C4H6O3.CO2.CH4.HOP/c1-6(9)4-12-7(2)5-13-8(10)11-3;1-3-2-6-4(5)7-3;2-1-3;;1-2/h6-7,9H,4-5H2,1-3H3;3H,2H2,1H3;;1H4;2H. The van der Waals surface area contributed by atoms with Gasteiger partial charge in [-0.2, -0.15) is 9.59 Å². The Kier molecular flexibility index (Phi) is 28.0. The summed E-state index contributed by atoms with van der Waals surface area (Å²) in [5.74, 6) is 0. The highest BCUT2D eigenvalue weighted by Crippen LogP contribution is 2.02. The summed E-state index contributed by atoms with van der Waals surface area (Å²) in [7, 11) is 2.96. The molecule has 3 atom stereocenters. The van der Waals surface area contributed by atoms with E-state index in [4.69, 9.17) is 24.0 Å². The smallest absolute Gasteiger partial charge is 0.438 e. The van der Waals surface area contributed by atoms with Gasteiger partial charge >= 0.3 is 18.5 Å². The lowest BCUT2D eigenvalue weighted by Gasteiger charge is -2.13. The van der Waals surface area contributed by atoms with E-state index in [1.807, 2.05) is 0 Å². The molecule has 0 bridgehead atoms. The Bertz CT molecular complexity index is 383. The van der Waals surface area contributed by atoms with Crippen molar-refractivity contribution in [3.05, 3.63) is 0 Å². The Labute approximate surface area is 154 Å². The first kappa shape index (κ1) is 31.7. The van der Waals surface area contributed by atoms with Gasteiger partial charge in [-0.3, -0.25) is 4.57 Å². The Hall–Kier alpha value is -2.06. The number of aliphatic hydroxyl groups is 1. The fourth-order valence-electron chi connectivity index (χ4n) is 1.01. The van der Waals surface area contributed by atoms with Gasteiger partial charge in [-0.15, -0.1) is 0 Å². The second kappa shape index (κ2) is 22.9. The van der Waals surface area contributed by atoms with Crippen molar-refractivity contribution < 1.29 is 52.5 Å². The fraction of sp³-hybridized carbons (Fsp3) is 0.786. The van der Waals surface area contributed by atoms with Crippen LogP contribution in [0.15, 0.2) is 0 Å². The first-order valence-corrected chi connectivity index (χ1v) is 7.21. The molecule has 0 spiro atoms. The van der Waals surface area contributed by atoms with Crippen LogP contribution >= 0.6 is 9.12 Å². The normalized spacial score (nSPS) is 15.7. The van der Waals surface area contributed by atoms with E-state index in [1.165, 1.54) is 7.11 Å². The second-order valence-electron chi connectivity index (χ2n) is 4.33. The Balaban J connectivity index is -0.000000156. The van der Waals surface area contributed by atoms with Gasteiger partial charge < -0.3 is 28.8 Å². The average molecular weight is 402 g/mol. The van der Waals surface area contributed by atoms with Crippen molar-refractivity contribution in [2.24, 2.45) is 0 Å². The maximum atomic E-state index is 10.5. The molecule has 3 unspecified atom stereocenters. The Morgan fingerprint density at radius 3 is 2.12 bits per heavy atom. The molecule has 1 saturated heterocycles. The SMILES string of the molecule is C.CC1COC(=O)O1.COC(=O)OCC(C)OCC(C)O.O=C=O.O=P. The third-order valence-electron chi connectivity index (χ3n) is 1.96. The minimum absolute atomic E-state index is 0. The zero-order valence-corrected chi connectivity index (χ0v) is 15.4. The van der Waals surface area contributed by atoms with Crippen LogP contribution in [0.1, 0.15) is 28.2 Å². The van der Waals surface area contributed by atoms with E-state index in [0.717, 1.165) is 0 Å². The van der Waals surface area contributed by atoms with Gasteiger partial charge in [0.15, 0.2) is 0 Å². The van der Waals surface area contributed by atoms with Crippen LogP contribution in [-0.2, 0) is 37.8 Å². The van der Waals surface area contributed by atoms with E-state index in [9.17, 15) is 9.59 Å². The van der Waals surface area contributed by atoms with E-state index in [2.05, 4.69) is 18.9 Å². The summed E-state index contributed by atoms with van der Waals surface area (Å²) in [4.78, 5) is 36.8. The summed E-state index contributed by atoms with van der Waals surface area (Å²) in [6.07, 6.45) is -1.83. The summed E-state index contributed by atoms with van der Waals surface area (Å²) >= 11 is 0. The fourth-order valence-corrected chi connectivity index (χ4v) is 1.01. The summed E-state index contributed by atoms with van der Waals surface area (Å²) in [5, 5.41) is 8.87. The first-order chi connectivity index (χ1) is 11.8. The van der Waals surface area contributed by atoms with Crippen LogP contribution in [0, 0.1) is 0 Å². The molecule has 0 radical (unpaired) electrons. The second-order valence-corrected chi connectivity index (χ2v) is 4.33. The summed E-state index contributed by atoms with van der Waals surface area (Å²) < 4.78 is 31.0. The van der Waals surface area contributed by atoms with Gasteiger partial charge in [-0.25, -0.2) is 9.59 Å². The summed E-state index contributed by atoms with van der Waals surface area (Å²) in [5.41, 5.74) is 0. The van der Waals surface area contributed by atoms with Gasteiger partial charge in [0, 0.05) is 0 Å². The Morgan fingerprint density at radius 1 is 1.35 bits per heavy atom. The lowest BCUT2D eigenvalue weighted by molar-refractivity contribution is -0.191. The molecule has 0 aliphatic carbocycles. The monoisotopic (exact) mass is 402 g/mol. The lowest BCUT2D eigenvalue weighted by atomic mass is 10.4. The number of carbonyl (C=O) groups is 2. The van der Waals surface area contributed by atoms with Gasteiger partial charge in [0.05, 0.1) is 25.9 Å². The summed E-state index contributed by atoms with van der Waals surface area (Å²) in [6.45, 7) is 5.90. The molecule has 1 aliphatic heterocycles. The van der Waals surface area contributed by atoms with Crippen LogP contribution in [0.3, 0.4) is 0 Å². The predicted molar refractivity (Wildman–Crippen MR) is 88.1 cm³/mol. The highest BCUT2D eigenvalue weighted by Gasteiger charge is 2.19. The van der Waals surface area contributed by atoms with Crippen molar-refractivity contribution in [3.8, 4) is 0 Å². The molecule has 1 N–H and O–H groups in total. The number of ether oxygens (including phenoxy) is 5. The lowest BCUT2D eigenvalue weighted by Crippen LogP contribution is -2.23. The zero-order chi connectivity index (χ0) is 20.3. The van der Waals surface area contributed by atoms with Crippen molar-refractivity contribution in [2.45, 2.75) is 46.5 Å². The molecule has 0 aromatic heterocycles. The third kappa shape index (κ3) is 26.8. The van der Waals surface area contributed by atoms with Crippen molar-refractivity contribution in [2.75, 3.05) is 26.9 Å². The van der Waals surface area contributed by atoms with Crippen LogP contribution in [0.25, 0.3) is 0 Å². The molecule has 1 fully saturated rings. The molecular weight excluding hydrogens is 375 g/mol. The molecule has 154 valence electrons. The number of hydrogen-bond donors (Lipinski definition) is 1. The number of cyclic esters (lactones) is 2. The van der Waals surface area contributed by atoms with Gasteiger partial charge in [-0.05, 0) is 20.8 Å². The predicted octanol–water partition coefficient (Wildman–Crippen LogP) is 1.62. The maximum Gasteiger partial charge on any atom is 0.508 e. The van der Waals surface area contributed by atoms with E-state index in [0.29, 0.717) is 6.61 Å². The molecule has 26 heavy (non-hydrogen) atoms. The molecule has 1 aliphatic rings. The molecule has 0 aromatic rings. The molecule has 0 saturated carbocycles. The number of aliphatic hydroxyl groups excluding tert-OH is 1. The van der Waals surface area contributed by atoms with Crippen molar-refractivity contribution in [1.29, 1.82) is 0 Å². The largest absolute Gasteiger partial charge is 0.508 e. The highest BCUT2D eigenvalue weighted by molar-refractivity contribution is 7.00. The van der Waals surface area contributed by atoms with Gasteiger partial charge in [0.2, 0.25) is 0 Å². The van der Waals surface area contributed by atoms with Crippen LogP contribution in [0.4, 0.5) is 9.59 Å². The van der Waals surface area contributed by atoms with Gasteiger partial charge in [0.25, 0.3) is 0 Å². The molecule has 0 aromatic carbocycles. The number of carbonyl (C=O) groups excluding carboxylic acids is 4. The van der Waals surface area contributed by atoms with E-state index < -0.39 is 18.4 Å². The molecule has 11 nitrogen and oxygen atoms in total. The van der Waals surface area contributed by atoms with Gasteiger partial charge in [-0.1, -0.05) is 7.43 Å². The van der Waals surface area contributed by atoms with Crippen LogP contribution in [0.2, 0.25) is 0 Å². The van der Waals surface area contributed by atoms with Crippen LogP contribution in [0.5, 0.6) is 0 Å². The topological polar surface area (TPSA) is 152 Å². The highest BCUT2D eigenvalue weighted by atomic mass is 31.0. The zero-order valence-electron chi connectivity index (χ0n) is 14.4. The van der Waals surface area contributed by atoms with Crippen molar-refractivity contribution >= 4 is 27.6 Å². The van der Waals surface area contributed by atoms with E-state index in [1.54, 1.807) is 29.9 Å². The molecule has 0 amide bonds. The van der Waals surface area contributed by atoms with Crippen molar-refractivity contribution in [3.63, 3.8) is 0 Å². The molecular formula is C14H27O11P. The maximum absolute atomic E-state index is 10.5. The van der Waals surface area contributed by atoms with Gasteiger partial charge in [0.1, 0.15) is 28.4 Å². The number of rotatable bonds is 5. The van der Waals surface area contributed by atoms with E-state index in [-0.39, 0.29) is 39.0 Å². The summed E-state index contributed by atoms with van der Waals surface area (Å²) in [6, 6.07) is 0.